The number of likely N-dealkylation sites (tertiary alicyclic amines) is 1. The van der Waals surface area contributed by atoms with Crippen LogP contribution in [-0.2, 0) is 16.6 Å². The predicted molar refractivity (Wildman–Crippen MR) is 82.6 cm³/mol. The fourth-order valence-corrected chi connectivity index (χ4v) is 4.79. The van der Waals surface area contributed by atoms with Gasteiger partial charge in [-0.1, -0.05) is 6.92 Å². The lowest BCUT2D eigenvalue weighted by atomic mass is 10.4. The highest BCUT2D eigenvalue weighted by Gasteiger charge is 2.20. The highest BCUT2D eigenvalue weighted by Crippen LogP contribution is 2.21. The van der Waals surface area contributed by atoms with Crippen molar-refractivity contribution < 1.29 is 8.42 Å². The van der Waals surface area contributed by atoms with Gasteiger partial charge >= 0.3 is 0 Å². The van der Waals surface area contributed by atoms with Crippen molar-refractivity contribution in [3.05, 3.63) is 16.3 Å². The Kier molecular flexibility index (Phi) is 5.98. The van der Waals surface area contributed by atoms with Gasteiger partial charge in [-0.2, -0.15) is 0 Å². The molecule has 1 aliphatic rings. The van der Waals surface area contributed by atoms with E-state index in [1.165, 1.54) is 24.2 Å². The molecule has 1 aliphatic heterocycles. The minimum atomic E-state index is -3.38. The second-order valence-electron chi connectivity index (χ2n) is 4.93. The van der Waals surface area contributed by atoms with Crippen LogP contribution in [0.25, 0.3) is 0 Å². The van der Waals surface area contributed by atoms with Crippen LogP contribution < -0.4 is 10.0 Å². The highest BCUT2D eigenvalue weighted by atomic mass is 32.2. The van der Waals surface area contributed by atoms with Crippen LogP contribution in [0.5, 0.6) is 0 Å². The number of nitrogens with one attached hydrogen (secondary N) is 2. The maximum atomic E-state index is 12.3. The fourth-order valence-electron chi connectivity index (χ4n) is 2.36. The summed E-state index contributed by atoms with van der Waals surface area (Å²) in [5.74, 6) is 0. The molecule has 2 rings (SSSR count). The van der Waals surface area contributed by atoms with E-state index in [1.54, 1.807) is 6.07 Å². The third-order valence-corrected chi connectivity index (χ3v) is 6.04. The first-order valence-corrected chi connectivity index (χ1v) is 9.49. The third-order valence-electron chi connectivity index (χ3n) is 3.45. The third kappa shape index (κ3) is 4.26. The van der Waals surface area contributed by atoms with Crippen molar-refractivity contribution in [3.8, 4) is 0 Å². The number of rotatable bonds is 8. The lowest BCUT2D eigenvalue weighted by Gasteiger charge is -2.15. The average Bonchev–Trinajstić information content (AvgIpc) is 3.07. The maximum absolute atomic E-state index is 12.3. The molecule has 0 atom stereocenters. The first-order chi connectivity index (χ1) is 9.63. The van der Waals surface area contributed by atoms with E-state index in [2.05, 4.69) is 14.9 Å². The molecule has 0 spiro atoms. The van der Waals surface area contributed by atoms with E-state index in [0.29, 0.717) is 18.0 Å². The van der Waals surface area contributed by atoms with Crippen molar-refractivity contribution in [1.29, 1.82) is 0 Å². The molecular formula is C13H23N3O2S2. The van der Waals surface area contributed by atoms with Gasteiger partial charge in [0, 0.05) is 24.5 Å². The van der Waals surface area contributed by atoms with Crippen LogP contribution >= 0.6 is 11.3 Å². The highest BCUT2D eigenvalue weighted by molar-refractivity contribution is 7.89. The zero-order chi connectivity index (χ0) is 14.4. The molecule has 0 radical (unpaired) electrons. The number of nitrogens with zero attached hydrogens (tertiary/aromatic N) is 1. The van der Waals surface area contributed by atoms with Crippen LogP contribution in [0.3, 0.4) is 0 Å². The van der Waals surface area contributed by atoms with E-state index >= 15 is 0 Å². The Bertz CT molecular complexity index is 507. The smallest absolute Gasteiger partial charge is 0.241 e. The van der Waals surface area contributed by atoms with Gasteiger partial charge in [0.05, 0.1) is 4.90 Å². The second kappa shape index (κ2) is 7.51. The molecule has 5 nitrogen and oxygen atoms in total. The standard InChI is InChI=1S/C13H23N3O2S2/c1-2-14-11-12-13(5-10-19-12)20(17,18)15-6-9-16-7-3-4-8-16/h5,10,14-15H,2-4,6-9,11H2,1H3. The molecule has 2 N–H and O–H groups in total. The first kappa shape index (κ1) is 15.9. The van der Waals surface area contributed by atoms with Crippen molar-refractivity contribution >= 4 is 21.4 Å². The number of sulfonamides is 1. The minimum Gasteiger partial charge on any atom is -0.312 e. The van der Waals surface area contributed by atoms with E-state index in [-0.39, 0.29) is 0 Å². The van der Waals surface area contributed by atoms with Gasteiger partial charge < -0.3 is 10.2 Å². The van der Waals surface area contributed by atoms with E-state index in [0.717, 1.165) is 31.1 Å². The van der Waals surface area contributed by atoms with Crippen LogP contribution in [0.1, 0.15) is 24.6 Å². The molecule has 0 aromatic carbocycles. The van der Waals surface area contributed by atoms with E-state index in [1.807, 2.05) is 12.3 Å². The lowest BCUT2D eigenvalue weighted by molar-refractivity contribution is 0.344. The summed E-state index contributed by atoms with van der Waals surface area (Å²) >= 11 is 1.48. The predicted octanol–water partition coefficient (Wildman–Crippen LogP) is 1.23. The fraction of sp³-hybridized carbons (Fsp3) is 0.692. The van der Waals surface area contributed by atoms with Crippen LogP contribution in [0, 0.1) is 0 Å². The molecule has 0 aliphatic carbocycles. The van der Waals surface area contributed by atoms with E-state index in [9.17, 15) is 8.42 Å². The Morgan fingerprint density at radius 1 is 1.35 bits per heavy atom. The van der Waals surface area contributed by atoms with Gasteiger partial charge in [-0.05, 0) is 43.9 Å². The SMILES string of the molecule is CCNCc1sccc1S(=O)(=O)NCCN1CCCC1. The summed E-state index contributed by atoms with van der Waals surface area (Å²) in [6.07, 6.45) is 2.45. The van der Waals surface area contributed by atoms with Crippen LogP contribution in [0.2, 0.25) is 0 Å². The van der Waals surface area contributed by atoms with Gasteiger partial charge in [0.25, 0.3) is 0 Å². The number of hydrogen-bond donors (Lipinski definition) is 2. The largest absolute Gasteiger partial charge is 0.312 e. The summed E-state index contributed by atoms with van der Waals surface area (Å²) in [7, 11) is -3.38. The summed E-state index contributed by atoms with van der Waals surface area (Å²) < 4.78 is 27.3. The molecular weight excluding hydrogens is 294 g/mol. The molecule has 1 aromatic heterocycles. The van der Waals surface area contributed by atoms with Gasteiger partial charge in [0.2, 0.25) is 10.0 Å². The Hall–Kier alpha value is -0.470. The zero-order valence-corrected chi connectivity index (χ0v) is 13.5. The minimum absolute atomic E-state index is 0.421. The summed E-state index contributed by atoms with van der Waals surface area (Å²) in [6, 6.07) is 1.69. The summed E-state index contributed by atoms with van der Waals surface area (Å²) in [5, 5.41) is 5.01. The molecule has 2 heterocycles. The number of hydrogen-bond acceptors (Lipinski definition) is 5. The van der Waals surface area contributed by atoms with Crippen molar-refractivity contribution in [3.63, 3.8) is 0 Å². The van der Waals surface area contributed by atoms with Gasteiger partial charge in [-0.25, -0.2) is 13.1 Å². The van der Waals surface area contributed by atoms with Gasteiger partial charge in [0.15, 0.2) is 0 Å². The van der Waals surface area contributed by atoms with Gasteiger partial charge in [0.1, 0.15) is 0 Å². The number of thiophene rings is 1. The normalized spacial score (nSPS) is 16.9. The molecule has 0 amide bonds. The van der Waals surface area contributed by atoms with E-state index in [4.69, 9.17) is 0 Å². The van der Waals surface area contributed by atoms with Crippen LogP contribution in [0.4, 0.5) is 0 Å². The van der Waals surface area contributed by atoms with E-state index < -0.39 is 10.0 Å². The molecule has 1 aromatic rings. The summed E-state index contributed by atoms with van der Waals surface area (Å²) in [5.41, 5.74) is 0. The van der Waals surface area contributed by atoms with Gasteiger partial charge in [-0.15, -0.1) is 11.3 Å². The average molecular weight is 317 g/mol. The molecule has 7 heteroatoms. The maximum Gasteiger partial charge on any atom is 0.241 e. The van der Waals surface area contributed by atoms with Crippen molar-refractivity contribution in [2.24, 2.45) is 0 Å². The molecule has 114 valence electrons. The molecule has 20 heavy (non-hydrogen) atoms. The zero-order valence-electron chi connectivity index (χ0n) is 11.9. The summed E-state index contributed by atoms with van der Waals surface area (Å²) in [4.78, 5) is 3.60. The Labute approximate surface area is 125 Å². The van der Waals surface area contributed by atoms with Crippen molar-refractivity contribution in [2.75, 3.05) is 32.7 Å². The Morgan fingerprint density at radius 2 is 2.10 bits per heavy atom. The molecule has 1 fully saturated rings. The van der Waals surface area contributed by atoms with Gasteiger partial charge in [-0.3, -0.25) is 0 Å². The van der Waals surface area contributed by atoms with Crippen molar-refractivity contribution in [1.82, 2.24) is 14.9 Å². The monoisotopic (exact) mass is 317 g/mol. The lowest BCUT2D eigenvalue weighted by Crippen LogP contribution is -2.33. The molecule has 0 unspecified atom stereocenters. The first-order valence-electron chi connectivity index (χ1n) is 7.12. The topological polar surface area (TPSA) is 61.4 Å². The van der Waals surface area contributed by atoms with Crippen LogP contribution in [-0.4, -0.2) is 46.0 Å². The quantitative estimate of drug-likeness (QED) is 0.757. The Balaban J connectivity index is 1.90. The van der Waals surface area contributed by atoms with Crippen LogP contribution in [0.15, 0.2) is 16.3 Å². The second-order valence-corrected chi connectivity index (χ2v) is 7.67. The molecule has 0 bridgehead atoms. The Morgan fingerprint density at radius 3 is 2.80 bits per heavy atom. The molecule has 0 saturated carbocycles. The molecule has 1 saturated heterocycles. The van der Waals surface area contributed by atoms with Crippen molar-refractivity contribution in [2.45, 2.75) is 31.2 Å². The summed E-state index contributed by atoms with van der Waals surface area (Å²) in [6.45, 7) is 6.91.